The smallest absolute Gasteiger partial charge is 0.317 e. The summed E-state index contributed by atoms with van der Waals surface area (Å²) in [5, 5.41) is 8.72. The van der Waals surface area contributed by atoms with E-state index in [0.717, 1.165) is 18.7 Å². The summed E-state index contributed by atoms with van der Waals surface area (Å²) in [5.74, 6) is -0.680. The Morgan fingerprint density at radius 3 is 2.00 bits per heavy atom. The molecular formula is C14H18N2O3. The predicted molar refractivity (Wildman–Crippen MR) is 71.3 cm³/mol. The second kappa shape index (κ2) is 6.45. The van der Waals surface area contributed by atoms with Crippen LogP contribution in [0.1, 0.15) is 10.4 Å². The largest absolute Gasteiger partial charge is 0.480 e. The van der Waals surface area contributed by atoms with Crippen molar-refractivity contribution >= 4 is 11.8 Å². The lowest BCUT2D eigenvalue weighted by Gasteiger charge is -2.33. The normalized spacial score (nSPS) is 17.3. The number of carboxylic acid groups (broad SMARTS) is 1. The van der Waals surface area contributed by atoms with Gasteiger partial charge >= 0.3 is 5.97 Å². The Morgan fingerprint density at radius 2 is 1.47 bits per heavy atom. The Labute approximate surface area is 112 Å². The molecule has 1 saturated heterocycles. The highest BCUT2D eigenvalue weighted by Gasteiger charge is 2.20. The molecule has 2 rings (SSSR count). The van der Waals surface area contributed by atoms with Gasteiger partial charge in [-0.1, -0.05) is 30.3 Å². The molecule has 0 radical (unpaired) electrons. The van der Waals surface area contributed by atoms with Gasteiger partial charge in [0.1, 0.15) is 0 Å². The van der Waals surface area contributed by atoms with Crippen molar-refractivity contribution in [2.24, 2.45) is 0 Å². The molecule has 19 heavy (non-hydrogen) atoms. The first-order chi connectivity index (χ1) is 9.15. The minimum atomic E-state index is -0.797. The quantitative estimate of drug-likeness (QED) is 0.786. The second-order valence-electron chi connectivity index (χ2n) is 4.74. The number of piperazine rings is 1. The third-order valence-electron chi connectivity index (χ3n) is 3.29. The van der Waals surface area contributed by atoms with Gasteiger partial charge in [0.05, 0.1) is 13.1 Å². The van der Waals surface area contributed by atoms with E-state index in [-0.39, 0.29) is 12.3 Å². The third kappa shape index (κ3) is 4.15. The first-order valence-electron chi connectivity index (χ1n) is 6.40. The number of rotatable bonds is 5. The minimum Gasteiger partial charge on any atom is -0.480 e. The van der Waals surface area contributed by atoms with Crippen LogP contribution < -0.4 is 0 Å². The topological polar surface area (TPSA) is 60.9 Å². The molecule has 1 fully saturated rings. The summed E-state index contributed by atoms with van der Waals surface area (Å²) in [5.41, 5.74) is 0.732. The van der Waals surface area contributed by atoms with Crippen LogP contribution in [-0.4, -0.2) is 65.9 Å². The van der Waals surface area contributed by atoms with E-state index in [1.165, 1.54) is 0 Å². The number of aliphatic carboxylic acids is 1. The first-order valence-corrected chi connectivity index (χ1v) is 6.40. The van der Waals surface area contributed by atoms with Crippen molar-refractivity contribution in [3.05, 3.63) is 35.9 Å². The zero-order valence-corrected chi connectivity index (χ0v) is 10.8. The second-order valence-corrected chi connectivity index (χ2v) is 4.74. The molecule has 5 heteroatoms. The van der Waals surface area contributed by atoms with Crippen molar-refractivity contribution in [3.63, 3.8) is 0 Å². The molecule has 102 valence electrons. The van der Waals surface area contributed by atoms with Crippen molar-refractivity contribution < 1.29 is 14.7 Å². The van der Waals surface area contributed by atoms with E-state index < -0.39 is 5.97 Å². The maximum Gasteiger partial charge on any atom is 0.317 e. The highest BCUT2D eigenvalue weighted by molar-refractivity contribution is 5.97. The lowest BCUT2D eigenvalue weighted by Crippen LogP contribution is -2.49. The zero-order valence-electron chi connectivity index (χ0n) is 10.8. The fourth-order valence-corrected chi connectivity index (χ4v) is 2.22. The van der Waals surface area contributed by atoms with Gasteiger partial charge in [0.15, 0.2) is 5.78 Å². The molecule has 0 atom stereocenters. The monoisotopic (exact) mass is 262 g/mol. The Balaban J connectivity index is 1.80. The van der Waals surface area contributed by atoms with E-state index in [1.807, 2.05) is 35.2 Å². The Morgan fingerprint density at radius 1 is 0.947 bits per heavy atom. The Bertz CT molecular complexity index is 439. The van der Waals surface area contributed by atoms with Crippen LogP contribution in [0, 0.1) is 0 Å². The number of nitrogens with zero attached hydrogens (tertiary/aromatic N) is 2. The van der Waals surface area contributed by atoms with Crippen molar-refractivity contribution in [2.75, 3.05) is 39.3 Å². The van der Waals surface area contributed by atoms with Crippen molar-refractivity contribution in [2.45, 2.75) is 0 Å². The molecule has 0 aliphatic carbocycles. The summed E-state index contributed by atoms with van der Waals surface area (Å²) in [6.45, 7) is 3.38. The maximum atomic E-state index is 12.0. The number of Topliss-reactive ketones (excluding diaryl/α,β-unsaturated/α-hetero) is 1. The highest BCUT2D eigenvalue weighted by atomic mass is 16.4. The maximum absolute atomic E-state index is 12.0. The van der Waals surface area contributed by atoms with Crippen LogP contribution in [0.5, 0.6) is 0 Å². The van der Waals surface area contributed by atoms with E-state index in [2.05, 4.69) is 4.90 Å². The molecule has 1 aliphatic rings. The van der Waals surface area contributed by atoms with E-state index in [4.69, 9.17) is 5.11 Å². The average molecular weight is 262 g/mol. The molecule has 1 aromatic rings. The third-order valence-corrected chi connectivity index (χ3v) is 3.29. The van der Waals surface area contributed by atoms with Gasteiger partial charge < -0.3 is 5.11 Å². The summed E-state index contributed by atoms with van der Waals surface area (Å²) in [4.78, 5) is 26.6. The number of ketones is 1. The van der Waals surface area contributed by atoms with Crippen LogP contribution in [0.3, 0.4) is 0 Å². The van der Waals surface area contributed by atoms with Crippen molar-refractivity contribution in [3.8, 4) is 0 Å². The van der Waals surface area contributed by atoms with Crippen molar-refractivity contribution in [1.82, 2.24) is 9.80 Å². The molecule has 0 unspecified atom stereocenters. The molecule has 1 heterocycles. The van der Waals surface area contributed by atoms with E-state index >= 15 is 0 Å². The predicted octanol–water partition coefficient (Wildman–Crippen LogP) is 0.572. The number of carbonyl (C=O) groups excluding carboxylic acids is 1. The molecule has 1 aromatic carbocycles. The molecule has 5 nitrogen and oxygen atoms in total. The molecule has 1 N–H and O–H groups in total. The van der Waals surface area contributed by atoms with Crippen LogP contribution in [-0.2, 0) is 4.79 Å². The molecule has 0 aromatic heterocycles. The van der Waals surface area contributed by atoms with Crippen LogP contribution in [0.15, 0.2) is 30.3 Å². The average Bonchev–Trinajstić information content (AvgIpc) is 2.41. The van der Waals surface area contributed by atoms with Crippen LogP contribution in [0.2, 0.25) is 0 Å². The van der Waals surface area contributed by atoms with E-state index in [9.17, 15) is 9.59 Å². The first kappa shape index (κ1) is 13.7. The lowest BCUT2D eigenvalue weighted by atomic mass is 10.1. The SMILES string of the molecule is O=C(O)CN1CCN(CC(=O)c2ccccc2)CC1. The lowest BCUT2D eigenvalue weighted by molar-refractivity contribution is -0.138. The Hall–Kier alpha value is -1.72. The fraction of sp³-hybridized carbons (Fsp3) is 0.429. The number of carboxylic acids is 1. The Kier molecular flexibility index (Phi) is 4.65. The summed E-state index contributed by atoms with van der Waals surface area (Å²) in [7, 11) is 0. The summed E-state index contributed by atoms with van der Waals surface area (Å²) < 4.78 is 0. The number of hydrogen-bond acceptors (Lipinski definition) is 4. The molecule has 0 amide bonds. The fourth-order valence-electron chi connectivity index (χ4n) is 2.22. The van der Waals surface area contributed by atoms with E-state index in [1.54, 1.807) is 0 Å². The van der Waals surface area contributed by atoms with Gasteiger partial charge in [0.2, 0.25) is 0 Å². The summed E-state index contributed by atoms with van der Waals surface area (Å²) in [6, 6.07) is 9.25. The highest BCUT2D eigenvalue weighted by Crippen LogP contribution is 2.05. The van der Waals surface area contributed by atoms with Gasteiger partial charge in [-0.3, -0.25) is 19.4 Å². The minimum absolute atomic E-state index is 0.0838. The summed E-state index contributed by atoms with van der Waals surface area (Å²) in [6.07, 6.45) is 0. The molecule has 0 spiro atoms. The standard InChI is InChI=1S/C14H18N2O3/c17-13(12-4-2-1-3-5-12)10-15-6-8-16(9-7-15)11-14(18)19/h1-5H,6-11H2,(H,18,19). The van der Waals surface area contributed by atoms with Crippen molar-refractivity contribution in [1.29, 1.82) is 0 Å². The van der Waals surface area contributed by atoms with Crippen LogP contribution >= 0.6 is 0 Å². The number of hydrogen-bond donors (Lipinski definition) is 1. The molecule has 0 bridgehead atoms. The van der Waals surface area contributed by atoms with Gasteiger partial charge in [0, 0.05) is 31.7 Å². The van der Waals surface area contributed by atoms with Gasteiger partial charge in [0.25, 0.3) is 0 Å². The van der Waals surface area contributed by atoms with Crippen LogP contribution in [0.25, 0.3) is 0 Å². The summed E-state index contributed by atoms with van der Waals surface area (Å²) >= 11 is 0. The molecular weight excluding hydrogens is 244 g/mol. The van der Waals surface area contributed by atoms with Gasteiger partial charge in [-0.05, 0) is 0 Å². The number of benzene rings is 1. The van der Waals surface area contributed by atoms with Gasteiger partial charge in [-0.25, -0.2) is 0 Å². The van der Waals surface area contributed by atoms with E-state index in [0.29, 0.717) is 19.6 Å². The molecule has 1 aliphatic heterocycles. The zero-order chi connectivity index (χ0) is 13.7. The number of carbonyl (C=O) groups is 2. The van der Waals surface area contributed by atoms with Gasteiger partial charge in [-0.15, -0.1) is 0 Å². The molecule has 0 saturated carbocycles. The van der Waals surface area contributed by atoms with Crippen LogP contribution in [0.4, 0.5) is 0 Å². The van der Waals surface area contributed by atoms with Gasteiger partial charge in [-0.2, -0.15) is 0 Å².